The highest BCUT2D eigenvalue weighted by atomic mass is 19.4. The van der Waals surface area contributed by atoms with Crippen LogP contribution in [-0.2, 0) is 11.0 Å². The van der Waals surface area contributed by atoms with Crippen LogP contribution in [0.5, 0.6) is 0 Å². The van der Waals surface area contributed by atoms with Crippen LogP contribution in [0.3, 0.4) is 0 Å². The lowest BCUT2D eigenvalue weighted by Crippen LogP contribution is -2.42. The van der Waals surface area contributed by atoms with Crippen molar-refractivity contribution in [3.05, 3.63) is 59.8 Å². The molecule has 1 saturated heterocycles. The Morgan fingerprint density at radius 2 is 1.81 bits per heavy atom. The molecular weight excluding hydrogens is 355 g/mol. The van der Waals surface area contributed by atoms with Gasteiger partial charge in [0.1, 0.15) is 6.20 Å². The van der Waals surface area contributed by atoms with Crippen LogP contribution in [0.15, 0.2) is 48.7 Å². The molecule has 1 fully saturated rings. The zero-order chi connectivity index (χ0) is 19.4. The van der Waals surface area contributed by atoms with Crippen molar-refractivity contribution in [2.45, 2.75) is 32.0 Å². The number of carbonyl (C=O) groups excluding carboxylic acids is 1. The van der Waals surface area contributed by atoms with Gasteiger partial charge >= 0.3 is 6.18 Å². The van der Waals surface area contributed by atoms with Gasteiger partial charge in [-0.1, -0.05) is 30.3 Å². The molecule has 0 aliphatic carbocycles. The third kappa shape index (κ3) is 4.78. The van der Waals surface area contributed by atoms with Crippen LogP contribution in [0.2, 0.25) is 0 Å². The number of rotatable bonds is 4. The Balaban J connectivity index is 1.53. The lowest BCUT2D eigenvalue weighted by molar-refractivity contribution is -0.367. The standard InChI is InChI=1S/C20H22F3N3O/c1-14(15-5-3-2-4-6-15)25-19(27)16-9-11-26(12-10-16)18-8-7-17(13-24-18)20(21,22)23/h2-8,13-14,16H,9-12H2,1H3,(H,25,27)/p+1/t14-/m1/s1. The minimum absolute atomic E-state index is 0.0300. The molecule has 0 radical (unpaired) electrons. The largest absolute Gasteiger partial charge is 0.419 e. The first-order valence-corrected chi connectivity index (χ1v) is 9.04. The fourth-order valence-corrected chi connectivity index (χ4v) is 3.33. The van der Waals surface area contributed by atoms with Gasteiger partial charge in [0, 0.05) is 12.0 Å². The van der Waals surface area contributed by atoms with Crippen molar-refractivity contribution in [1.29, 1.82) is 0 Å². The molecule has 0 saturated carbocycles. The van der Waals surface area contributed by atoms with Crippen LogP contribution >= 0.6 is 0 Å². The topological polar surface area (TPSA) is 46.5 Å². The zero-order valence-corrected chi connectivity index (χ0v) is 15.1. The fraction of sp³-hybridized carbons (Fsp3) is 0.400. The molecule has 2 aromatic rings. The zero-order valence-electron chi connectivity index (χ0n) is 15.1. The number of amides is 1. The van der Waals surface area contributed by atoms with E-state index in [0.717, 1.165) is 17.8 Å². The number of anilines is 1. The quantitative estimate of drug-likeness (QED) is 0.883. The van der Waals surface area contributed by atoms with Gasteiger partial charge in [-0.25, -0.2) is 4.98 Å². The van der Waals surface area contributed by atoms with E-state index in [2.05, 4.69) is 10.3 Å². The Morgan fingerprint density at radius 1 is 1.15 bits per heavy atom. The minimum atomic E-state index is -4.35. The number of hydrogen-bond acceptors (Lipinski definition) is 2. The normalized spacial score (nSPS) is 16.8. The summed E-state index contributed by atoms with van der Waals surface area (Å²) < 4.78 is 38.0. The van der Waals surface area contributed by atoms with Crippen molar-refractivity contribution in [3.8, 4) is 0 Å². The minimum Gasteiger partial charge on any atom is -0.349 e. The molecule has 7 heteroatoms. The van der Waals surface area contributed by atoms with Gasteiger partial charge in [-0.3, -0.25) is 9.69 Å². The van der Waals surface area contributed by atoms with Gasteiger partial charge in [-0.05, 0) is 31.4 Å². The van der Waals surface area contributed by atoms with E-state index in [-0.39, 0.29) is 17.9 Å². The number of nitrogens with one attached hydrogen (secondary N) is 2. The summed E-state index contributed by atoms with van der Waals surface area (Å²) in [5.41, 5.74) is 0.359. The highest BCUT2D eigenvalue weighted by molar-refractivity contribution is 5.79. The fourth-order valence-electron chi connectivity index (χ4n) is 3.33. The van der Waals surface area contributed by atoms with Crippen molar-refractivity contribution in [3.63, 3.8) is 0 Å². The summed E-state index contributed by atoms with van der Waals surface area (Å²) >= 11 is 0. The first kappa shape index (κ1) is 19.2. The number of pyridine rings is 1. The molecule has 0 bridgehead atoms. The maximum Gasteiger partial charge on any atom is 0.419 e. The van der Waals surface area contributed by atoms with E-state index >= 15 is 0 Å². The predicted molar refractivity (Wildman–Crippen MR) is 95.9 cm³/mol. The molecule has 4 nitrogen and oxygen atoms in total. The van der Waals surface area contributed by atoms with Crippen LogP contribution < -0.4 is 15.2 Å². The summed E-state index contributed by atoms with van der Waals surface area (Å²) in [6.45, 7) is 3.21. The third-order valence-corrected chi connectivity index (χ3v) is 4.99. The van der Waals surface area contributed by atoms with Gasteiger partial charge in [0.25, 0.3) is 5.82 Å². The molecule has 2 N–H and O–H groups in total. The number of halogens is 3. The van der Waals surface area contributed by atoms with Crippen molar-refractivity contribution in [2.24, 2.45) is 5.92 Å². The number of aromatic amines is 1. The van der Waals surface area contributed by atoms with Gasteiger partial charge in [0.2, 0.25) is 5.91 Å². The Kier molecular flexibility index (Phi) is 5.68. The Morgan fingerprint density at radius 3 is 2.37 bits per heavy atom. The number of piperidine rings is 1. The molecule has 1 amide bonds. The third-order valence-electron chi connectivity index (χ3n) is 4.99. The van der Waals surface area contributed by atoms with E-state index in [9.17, 15) is 18.0 Å². The maximum atomic E-state index is 12.7. The smallest absolute Gasteiger partial charge is 0.349 e. The highest BCUT2D eigenvalue weighted by Crippen LogP contribution is 2.29. The lowest BCUT2D eigenvalue weighted by Gasteiger charge is -2.28. The number of nitrogens with zero attached hydrogens (tertiary/aromatic N) is 1. The summed E-state index contributed by atoms with van der Waals surface area (Å²) in [4.78, 5) is 17.2. The van der Waals surface area contributed by atoms with E-state index < -0.39 is 11.7 Å². The maximum absolute atomic E-state index is 12.7. The number of carbonyl (C=O) groups is 1. The van der Waals surface area contributed by atoms with Gasteiger partial charge in [0.15, 0.2) is 0 Å². The average Bonchev–Trinajstić information content (AvgIpc) is 2.68. The number of alkyl halides is 3. The van der Waals surface area contributed by atoms with Gasteiger partial charge in [0.05, 0.1) is 24.7 Å². The summed E-state index contributed by atoms with van der Waals surface area (Å²) in [7, 11) is 0. The molecule has 0 spiro atoms. The monoisotopic (exact) mass is 378 g/mol. The second-order valence-corrected chi connectivity index (χ2v) is 6.86. The molecule has 27 heavy (non-hydrogen) atoms. The summed E-state index contributed by atoms with van der Waals surface area (Å²) in [6, 6.07) is 12.2. The molecule has 1 aliphatic rings. The number of aromatic nitrogens is 1. The van der Waals surface area contributed by atoms with Crippen molar-refractivity contribution in [2.75, 3.05) is 18.0 Å². The Labute approximate surface area is 156 Å². The summed E-state index contributed by atoms with van der Waals surface area (Å²) in [6.07, 6.45) is -2.03. The molecule has 2 heterocycles. The molecule has 3 rings (SSSR count). The molecule has 1 aromatic heterocycles. The van der Waals surface area contributed by atoms with Crippen LogP contribution in [-0.4, -0.2) is 19.0 Å². The van der Waals surface area contributed by atoms with Gasteiger partial charge in [-0.2, -0.15) is 13.2 Å². The van der Waals surface area contributed by atoms with Crippen molar-refractivity contribution >= 4 is 11.7 Å². The molecule has 1 atom stereocenters. The molecular formula is C20H23F3N3O+. The lowest BCUT2D eigenvalue weighted by atomic mass is 9.95. The Hall–Kier alpha value is -2.57. The number of hydrogen-bond donors (Lipinski definition) is 1. The van der Waals surface area contributed by atoms with Crippen LogP contribution in [0.25, 0.3) is 0 Å². The van der Waals surface area contributed by atoms with E-state index in [1.165, 1.54) is 6.07 Å². The van der Waals surface area contributed by atoms with E-state index in [4.69, 9.17) is 0 Å². The second-order valence-electron chi connectivity index (χ2n) is 6.86. The molecule has 0 unspecified atom stereocenters. The van der Waals surface area contributed by atoms with Crippen LogP contribution in [0.4, 0.5) is 19.0 Å². The molecule has 1 aliphatic heterocycles. The Bertz CT molecular complexity index is 754. The van der Waals surface area contributed by atoms with E-state index in [0.29, 0.717) is 31.7 Å². The van der Waals surface area contributed by atoms with Gasteiger partial charge < -0.3 is 5.32 Å². The van der Waals surface area contributed by atoms with Gasteiger partial charge in [-0.15, -0.1) is 0 Å². The summed E-state index contributed by atoms with van der Waals surface area (Å²) in [5, 5.41) is 3.05. The van der Waals surface area contributed by atoms with E-state index in [1.807, 2.05) is 42.2 Å². The number of benzene rings is 1. The van der Waals surface area contributed by atoms with Crippen LogP contribution in [0.1, 0.15) is 36.9 Å². The summed E-state index contributed by atoms with van der Waals surface area (Å²) in [5.74, 6) is 0.587. The number of H-pyrrole nitrogens is 1. The first-order chi connectivity index (χ1) is 12.8. The first-order valence-electron chi connectivity index (χ1n) is 9.04. The molecule has 1 aromatic carbocycles. The predicted octanol–water partition coefficient (Wildman–Crippen LogP) is 3.61. The van der Waals surface area contributed by atoms with Crippen molar-refractivity contribution in [1.82, 2.24) is 5.32 Å². The second kappa shape index (κ2) is 7.98. The average molecular weight is 378 g/mol. The van der Waals surface area contributed by atoms with Crippen molar-refractivity contribution < 1.29 is 22.9 Å². The SMILES string of the molecule is C[C@@H](NC(=O)C1CCN(c2ccc(C(F)(F)F)c[nH+]2)CC1)c1ccccc1. The van der Waals surface area contributed by atoms with E-state index in [1.54, 1.807) is 0 Å². The van der Waals surface area contributed by atoms with Crippen LogP contribution in [0, 0.1) is 5.92 Å². The highest BCUT2D eigenvalue weighted by Gasteiger charge is 2.33. The molecule has 144 valence electrons.